The molecule has 0 spiro atoms. The number of carbonyl (C=O) groups excluding carboxylic acids is 2. The van der Waals surface area contributed by atoms with Crippen molar-refractivity contribution in [1.82, 2.24) is 0 Å². The van der Waals surface area contributed by atoms with E-state index in [1.807, 2.05) is 0 Å². The molecule has 0 radical (unpaired) electrons. The summed E-state index contributed by atoms with van der Waals surface area (Å²) < 4.78 is 177. The van der Waals surface area contributed by atoms with Crippen LogP contribution in [0.4, 0.5) is 52.7 Å². The van der Waals surface area contributed by atoms with Gasteiger partial charge in [-0.15, -0.1) is 0 Å². The Morgan fingerprint density at radius 3 is 1.09 bits per heavy atom. The highest BCUT2D eigenvalue weighted by molar-refractivity contribution is 5.81. The maximum absolute atomic E-state index is 14.1. The summed E-state index contributed by atoms with van der Waals surface area (Å²) in [6.45, 7) is -0.864. The van der Waals surface area contributed by atoms with Crippen LogP contribution in [0, 0.1) is 5.41 Å². The third-order valence-electron chi connectivity index (χ3n) is 3.94. The summed E-state index contributed by atoms with van der Waals surface area (Å²) >= 11 is 0. The molecule has 0 amide bonds. The normalized spacial score (nSPS) is 14.3. The second-order valence-corrected chi connectivity index (χ2v) is 6.93. The molecule has 0 saturated carbocycles. The van der Waals surface area contributed by atoms with Gasteiger partial charge in [0.2, 0.25) is 0 Å². The van der Waals surface area contributed by atoms with Crippen molar-refractivity contribution in [3.8, 4) is 0 Å². The van der Waals surface area contributed by atoms with Crippen LogP contribution in [0.3, 0.4) is 0 Å². The predicted molar refractivity (Wildman–Crippen MR) is 87.9 cm³/mol. The molecule has 0 atom stereocenters. The molecule has 6 nitrogen and oxygen atoms in total. The van der Waals surface area contributed by atoms with Crippen LogP contribution in [0.2, 0.25) is 0 Å². The van der Waals surface area contributed by atoms with E-state index in [9.17, 15) is 62.3 Å². The van der Waals surface area contributed by atoms with E-state index in [0.29, 0.717) is 0 Å². The average molecular weight is 544 g/mol. The molecule has 0 fully saturated rings. The smallest absolute Gasteiger partial charge is 0.427 e. The molecule has 0 N–H and O–H groups in total. The van der Waals surface area contributed by atoms with Gasteiger partial charge in [0.15, 0.2) is 13.2 Å². The lowest BCUT2D eigenvalue weighted by Gasteiger charge is -2.42. The third-order valence-corrected chi connectivity index (χ3v) is 3.94. The van der Waals surface area contributed by atoms with E-state index in [1.165, 1.54) is 0 Å². The minimum Gasteiger partial charge on any atom is -0.456 e. The quantitative estimate of drug-likeness (QED) is 0.171. The maximum Gasteiger partial charge on any atom is 0.427 e. The molecule has 35 heavy (non-hydrogen) atoms. The number of alkyl halides is 12. The number of rotatable bonds is 14. The number of hydrogen-bond donors (Lipinski definition) is 0. The minimum atomic E-state index is -6.39. The van der Waals surface area contributed by atoms with E-state index in [-0.39, 0.29) is 12.2 Å². The molecule has 0 unspecified atom stereocenters. The molecule has 0 aromatic rings. The Balaban J connectivity index is 5.89. The van der Waals surface area contributed by atoms with Gasteiger partial charge in [0.1, 0.15) is 5.41 Å². The van der Waals surface area contributed by atoms with Gasteiger partial charge >= 0.3 is 48.2 Å². The van der Waals surface area contributed by atoms with Crippen molar-refractivity contribution in [2.45, 2.75) is 50.1 Å². The van der Waals surface area contributed by atoms with E-state index in [4.69, 9.17) is 0 Å². The van der Waals surface area contributed by atoms with E-state index in [2.05, 4.69) is 32.1 Å². The summed E-state index contributed by atoms with van der Waals surface area (Å²) in [7, 11) is 0. The molecule has 0 aliphatic rings. The first-order chi connectivity index (χ1) is 15.3. The van der Waals surface area contributed by atoms with Crippen molar-refractivity contribution in [2.24, 2.45) is 5.41 Å². The standard InChI is InChI=1S/C17H16F12O6/c1-5-9(30)32-7-12(18,19)16(26,27)34-14(22,23)11(3,4)15(24,25)35-17(28,29)13(20,21)8-33-10(31)6-2/h5-6H,1-2,7-8H2,3-4H3. The SMILES string of the molecule is C=CC(=O)OCC(F)(F)C(F)(F)OC(F)(F)C(C)(C)C(F)(F)OC(F)(F)C(F)(F)COC(=O)C=C. The van der Waals surface area contributed by atoms with Gasteiger partial charge in [-0.25, -0.2) is 19.1 Å². The number of esters is 2. The van der Waals surface area contributed by atoms with E-state index in [1.54, 1.807) is 0 Å². The molecule has 0 aromatic carbocycles. The Morgan fingerprint density at radius 1 is 0.600 bits per heavy atom. The van der Waals surface area contributed by atoms with Crippen molar-refractivity contribution >= 4 is 11.9 Å². The Morgan fingerprint density at radius 2 is 0.857 bits per heavy atom. The monoisotopic (exact) mass is 544 g/mol. The zero-order valence-electron chi connectivity index (χ0n) is 17.5. The molecule has 0 rings (SSSR count). The molecule has 0 aliphatic heterocycles. The summed E-state index contributed by atoms with van der Waals surface area (Å²) in [5, 5.41) is 0. The van der Waals surface area contributed by atoms with Gasteiger partial charge in [-0.3, -0.25) is 0 Å². The van der Waals surface area contributed by atoms with Crippen LogP contribution >= 0.6 is 0 Å². The van der Waals surface area contributed by atoms with Crippen molar-refractivity contribution in [2.75, 3.05) is 13.2 Å². The second-order valence-electron chi connectivity index (χ2n) is 6.93. The highest BCUT2D eigenvalue weighted by Gasteiger charge is 2.74. The van der Waals surface area contributed by atoms with Crippen molar-refractivity contribution in [3.63, 3.8) is 0 Å². The molecular weight excluding hydrogens is 528 g/mol. The zero-order valence-corrected chi connectivity index (χ0v) is 17.5. The van der Waals surface area contributed by atoms with Crippen molar-refractivity contribution < 1.29 is 81.2 Å². The first-order valence-electron chi connectivity index (χ1n) is 8.58. The fourth-order valence-electron chi connectivity index (χ4n) is 1.51. The highest BCUT2D eigenvalue weighted by atomic mass is 19.3. The number of carbonyl (C=O) groups is 2. The van der Waals surface area contributed by atoms with E-state index in [0.717, 1.165) is 0 Å². The molecule has 204 valence electrons. The number of ether oxygens (including phenoxy) is 4. The Hall–Kier alpha value is -2.50. The molecule has 0 aliphatic carbocycles. The fourth-order valence-corrected chi connectivity index (χ4v) is 1.51. The van der Waals surface area contributed by atoms with Gasteiger partial charge in [0.25, 0.3) is 0 Å². The van der Waals surface area contributed by atoms with Gasteiger partial charge in [-0.05, 0) is 13.8 Å². The largest absolute Gasteiger partial charge is 0.456 e. The van der Waals surface area contributed by atoms with Crippen molar-refractivity contribution in [1.29, 1.82) is 0 Å². The topological polar surface area (TPSA) is 71.1 Å². The van der Waals surface area contributed by atoms with Crippen LogP contribution in [-0.4, -0.2) is 61.4 Å². The maximum atomic E-state index is 14.1. The molecule has 0 bridgehead atoms. The lowest BCUT2D eigenvalue weighted by Crippen LogP contribution is -2.61. The second kappa shape index (κ2) is 10.2. The van der Waals surface area contributed by atoms with Crippen LogP contribution in [-0.2, 0) is 28.5 Å². The van der Waals surface area contributed by atoms with E-state index >= 15 is 0 Å². The first-order valence-corrected chi connectivity index (χ1v) is 8.58. The number of hydrogen-bond acceptors (Lipinski definition) is 6. The van der Waals surface area contributed by atoms with Crippen molar-refractivity contribution in [3.05, 3.63) is 25.3 Å². The van der Waals surface area contributed by atoms with Crippen LogP contribution in [0.15, 0.2) is 25.3 Å². The Labute approximate surface area is 188 Å². The Kier molecular flexibility index (Phi) is 9.51. The first kappa shape index (κ1) is 32.5. The van der Waals surface area contributed by atoms with E-state index < -0.39 is 80.7 Å². The zero-order chi connectivity index (χ0) is 28.3. The highest BCUT2D eigenvalue weighted by Crippen LogP contribution is 2.55. The lowest BCUT2D eigenvalue weighted by atomic mass is 9.90. The van der Waals surface area contributed by atoms with Crippen LogP contribution in [0.25, 0.3) is 0 Å². The fraction of sp³-hybridized carbons (Fsp3) is 0.647. The average Bonchev–Trinajstić information content (AvgIpc) is 2.68. The molecule has 0 aromatic heterocycles. The lowest BCUT2D eigenvalue weighted by molar-refractivity contribution is -0.511. The molecule has 18 heteroatoms. The van der Waals surface area contributed by atoms with Crippen LogP contribution < -0.4 is 0 Å². The minimum absolute atomic E-state index is 0.207. The Bertz CT molecular complexity index is 745. The molecule has 0 heterocycles. The number of halogens is 12. The van der Waals surface area contributed by atoms with Crippen LogP contribution in [0.5, 0.6) is 0 Å². The van der Waals surface area contributed by atoms with Gasteiger partial charge in [-0.2, -0.15) is 52.7 Å². The summed E-state index contributed by atoms with van der Waals surface area (Å²) in [5.74, 6) is -15.1. The van der Waals surface area contributed by atoms with Gasteiger partial charge < -0.3 is 9.47 Å². The summed E-state index contributed by atoms with van der Waals surface area (Å²) in [6, 6.07) is 0. The van der Waals surface area contributed by atoms with Crippen LogP contribution in [0.1, 0.15) is 13.8 Å². The molecule has 0 saturated heterocycles. The third kappa shape index (κ3) is 7.25. The summed E-state index contributed by atoms with van der Waals surface area (Å²) in [6.07, 6.45) is -24.8. The van der Waals surface area contributed by atoms with Gasteiger partial charge in [0, 0.05) is 12.2 Å². The molecular formula is C17H16F12O6. The summed E-state index contributed by atoms with van der Waals surface area (Å²) in [4.78, 5) is 21.4. The predicted octanol–water partition coefficient (Wildman–Crippen LogP) is 5.15. The van der Waals surface area contributed by atoms with Gasteiger partial charge in [-0.1, -0.05) is 13.2 Å². The summed E-state index contributed by atoms with van der Waals surface area (Å²) in [5.41, 5.74) is -4.77. The van der Waals surface area contributed by atoms with Gasteiger partial charge in [0.05, 0.1) is 0 Å².